The number of nitrogens with one attached hydrogen (secondary N) is 1. The maximum absolute atomic E-state index is 12.0. The van der Waals surface area contributed by atoms with Crippen molar-refractivity contribution in [2.75, 3.05) is 26.2 Å². The van der Waals surface area contributed by atoms with Crippen molar-refractivity contribution in [1.29, 1.82) is 0 Å². The minimum atomic E-state index is -0.445. The Morgan fingerprint density at radius 1 is 1.35 bits per heavy atom. The number of rotatable bonds is 5. The van der Waals surface area contributed by atoms with E-state index in [-0.39, 0.29) is 11.3 Å². The van der Waals surface area contributed by atoms with E-state index in [9.17, 15) is 9.90 Å². The maximum Gasteiger partial charge on any atom is 0.225 e. The molecule has 1 amide bonds. The number of β-amino-alcohol motifs (C(OH)–C–C–N with tert-alkyl or cyclic N) is 1. The van der Waals surface area contributed by atoms with Crippen molar-refractivity contribution in [3.05, 3.63) is 35.9 Å². The summed E-state index contributed by atoms with van der Waals surface area (Å²) in [6, 6.07) is 9.82. The quantitative estimate of drug-likeness (QED) is 0.877. The van der Waals surface area contributed by atoms with Crippen LogP contribution < -0.4 is 5.32 Å². The molecular weight excluding hydrogens is 288 g/mol. The molecule has 0 aliphatic carbocycles. The first-order valence-corrected chi connectivity index (χ1v) is 8.60. The summed E-state index contributed by atoms with van der Waals surface area (Å²) in [6.07, 6.45) is 1.82. The van der Waals surface area contributed by atoms with Crippen LogP contribution in [0.4, 0.5) is 0 Å². The standard InChI is InChI=1S/C19H30N2O2/c1-19(2,3)18(23)20-12-15-8-7-11-21(13-15)14-17(22)16-9-5-4-6-10-16/h4-6,9-10,15,17,22H,7-8,11-14H2,1-3H3,(H,20,23). The molecule has 2 N–H and O–H groups in total. The number of carbonyl (C=O) groups is 1. The van der Waals surface area contributed by atoms with E-state index in [2.05, 4.69) is 10.2 Å². The summed E-state index contributed by atoms with van der Waals surface area (Å²) in [5.41, 5.74) is 0.633. The zero-order chi connectivity index (χ0) is 16.9. The molecule has 2 unspecified atom stereocenters. The minimum absolute atomic E-state index is 0.110. The molecule has 1 heterocycles. The Bertz CT molecular complexity index is 496. The summed E-state index contributed by atoms with van der Waals surface area (Å²) in [6.45, 7) is 9.16. The van der Waals surface area contributed by atoms with Crippen LogP contribution in [-0.2, 0) is 4.79 Å². The molecule has 2 rings (SSSR count). The Labute approximate surface area is 139 Å². The number of aliphatic hydroxyl groups is 1. The fourth-order valence-electron chi connectivity index (χ4n) is 3.01. The lowest BCUT2D eigenvalue weighted by Gasteiger charge is -2.34. The van der Waals surface area contributed by atoms with E-state index >= 15 is 0 Å². The second kappa shape index (κ2) is 7.93. The molecule has 1 aliphatic rings. The first-order chi connectivity index (χ1) is 10.9. The van der Waals surface area contributed by atoms with Crippen molar-refractivity contribution in [1.82, 2.24) is 10.2 Å². The number of carbonyl (C=O) groups excluding carboxylic acids is 1. The van der Waals surface area contributed by atoms with Gasteiger partial charge in [-0.2, -0.15) is 0 Å². The maximum atomic E-state index is 12.0. The lowest BCUT2D eigenvalue weighted by Crippen LogP contribution is -2.44. The van der Waals surface area contributed by atoms with Crippen LogP contribution in [0.2, 0.25) is 0 Å². The van der Waals surface area contributed by atoms with Gasteiger partial charge in [0, 0.05) is 25.0 Å². The largest absolute Gasteiger partial charge is 0.387 e. The molecular formula is C19H30N2O2. The van der Waals surface area contributed by atoms with Gasteiger partial charge in [0.2, 0.25) is 5.91 Å². The van der Waals surface area contributed by atoms with Crippen molar-refractivity contribution in [3.8, 4) is 0 Å². The van der Waals surface area contributed by atoms with Gasteiger partial charge in [-0.05, 0) is 30.9 Å². The van der Waals surface area contributed by atoms with E-state index in [0.717, 1.165) is 38.0 Å². The highest BCUT2D eigenvalue weighted by Crippen LogP contribution is 2.21. The lowest BCUT2D eigenvalue weighted by molar-refractivity contribution is -0.128. The Hall–Kier alpha value is -1.39. The monoisotopic (exact) mass is 318 g/mol. The number of nitrogens with zero attached hydrogens (tertiary/aromatic N) is 1. The fourth-order valence-corrected chi connectivity index (χ4v) is 3.01. The molecule has 1 fully saturated rings. The molecule has 1 aromatic carbocycles. The Kier molecular flexibility index (Phi) is 6.19. The average Bonchev–Trinajstić information content (AvgIpc) is 2.53. The van der Waals surface area contributed by atoms with Gasteiger partial charge in [0.15, 0.2) is 0 Å². The second-order valence-electron chi connectivity index (χ2n) is 7.65. The highest BCUT2D eigenvalue weighted by molar-refractivity contribution is 5.81. The number of hydrogen-bond donors (Lipinski definition) is 2. The third kappa shape index (κ3) is 5.63. The molecule has 128 valence electrons. The number of likely N-dealkylation sites (tertiary alicyclic amines) is 1. The van der Waals surface area contributed by atoms with Crippen LogP contribution in [0.25, 0.3) is 0 Å². The van der Waals surface area contributed by atoms with E-state index in [1.54, 1.807) is 0 Å². The van der Waals surface area contributed by atoms with Gasteiger partial charge >= 0.3 is 0 Å². The molecule has 2 atom stereocenters. The Balaban J connectivity index is 1.80. The zero-order valence-corrected chi connectivity index (χ0v) is 14.6. The summed E-state index contributed by atoms with van der Waals surface area (Å²) in [5.74, 6) is 0.581. The van der Waals surface area contributed by atoms with Gasteiger partial charge in [-0.25, -0.2) is 0 Å². The van der Waals surface area contributed by atoms with Gasteiger partial charge in [-0.1, -0.05) is 51.1 Å². The third-order valence-corrected chi connectivity index (χ3v) is 4.45. The number of aliphatic hydroxyl groups excluding tert-OH is 1. The van der Waals surface area contributed by atoms with Crippen LogP contribution in [0.1, 0.15) is 45.3 Å². The van der Waals surface area contributed by atoms with Crippen LogP contribution in [0.15, 0.2) is 30.3 Å². The van der Waals surface area contributed by atoms with Crippen LogP contribution in [0.5, 0.6) is 0 Å². The van der Waals surface area contributed by atoms with Crippen molar-refractivity contribution < 1.29 is 9.90 Å². The van der Waals surface area contributed by atoms with Crippen molar-refractivity contribution >= 4 is 5.91 Å². The molecule has 1 aromatic rings. The lowest BCUT2D eigenvalue weighted by atomic mass is 9.94. The molecule has 4 nitrogen and oxygen atoms in total. The van der Waals surface area contributed by atoms with Gasteiger partial charge in [-0.15, -0.1) is 0 Å². The van der Waals surface area contributed by atoms with Gasteiger partial charge in [0.25, 0.3) is 0 Å². The third-order valence-electron chi connectivity index (χ3n) is 4.45. The molecule has 4 heteroatoms. The molecule has 0 saturated carbocycles. The minimum Gasteiger partial charge on any atom is -0.387 e. The first kappa shape index (κ1) is 18.0. The fraction of sp³-hybridized carbons (Fsp3) is 0.632. The molecule has 0 aromatic heterocycles. The van der Waals surface area contributed by atoms with Crippen molar-refractivity contribution in [2.24, 2.45) is 11.3 Å². The van der Waals surface area contributed by atoms with Crippen molar-refractivity contribution in [3.63, 3.8) is 0 Å². The summed E-state index contributed by atoms with van der Waals surface area (Å²) < 4.78 is 0. The number of piperidine rings is 1. The van der Waals surface area contributed by atoms with E-state index < -0.39 is 6.10 Å². The second-order valence-corrected chi connectivity index (χ2v) is 7.65. The van der Waals surface area contributed by atoms with E-state index in [1.165, 1.54) is 0 Å². The summed E-state index contributed by atoms with van der Waals surface area (Å²) >= 11 is 0. The van der Waals surface area contributed by atoms with E-state index in [0.29, 0.717) is 12.5 Å². The Morgan fingerprint density at radius 2 is 2.04 bits per heavy atom. The Morgan fingerprint density at radius 3 is 2.70 bits per heavy atom. The van der Waals surface area contributed by atoms with Crippen molar-refractivity contribution in [2.45, 2.75) is 39.7 Å². The van der Waals surface area contributed by atoms with Crippen LogP contribution >= 0.6 is 0 Å². The summed E-state index contributed by atoms with van der Waals surface area (Å²) in [4.78, 5) is 14.3. The first-order valence-electron chi connectivity index (χ1n) is 8.60. The van der Waals surface area contributed by atoms with Crippen LogP contribution in [0.3, 0.4) is 0 Å². The normalized spacial score (nSPS) is 21.0. The molecule has 1 saturated heterocycles. The molecule has 0 radical (unpaired) electrons. The number of hydrogen-bond acceptors (Lipinski definition) is 3. The zero-order valence-electron chi connectivity index (χ0n) is 14.6. The molecule has 23 heavy (non-hydrogen) atoms. The van der Waals surface area contributed by atoms with E-state index in [1.807, 2.05) is 51.1 Å². The SMILES string of the molecule is CC(C)(C)C(=O)NCC1CCCN(CC(O)c2ccccc2)C1. The topological polar surface area (TPSA) is 52.6 Å². The summed E-state index contributed by atoms with van der Waals surface area (Å²) in [7, 11) is 0. The van der Waals surface area contributed by atoms with E-state index in [4.69, 9.17) is 0 Å². The van der Waals surface area contributed by atoms with Crippen LogP contribution in [-0.4, -0.2) is 42.1 Å². The average molecular weight is 318 g/mol. The summed E-state index contributed by atoms with van der Waals surface area (Å²) in [5, 5.41) is 13.4. The molecule has 1 aliphatic heterocycles. The predicted molar refractivity (Wildman–Crippen MR) is 93.0 cm³/mol. The van der Waals surface area contributed by atoms with Crippen LogP contribution in [0, 0.1) is 11.3 Å². The van der Waals surface area contributed by atoms with Gasteiger partial charge < -0.3 is 15.3 Å². The molecule has 0 spiro atoms. The van der Waals surface area contributed by atoms with Gasteiger partial charge in [-0.3, -0.25) is 4.79 Å². The predicted octanol–water partition coefficient (Wildman–Crippen LogP) is 2.59. The number of benzene rings is 1. The highest BCUT2D eigenvalue weighted by atomic mass is 16.3. The van der Waals surface area contributed by atoms with Gasteiger partial charge in [0.1, 0.15) is 0 Å². The molecule has 0 bridgehead atoms. The smallest absolute Gasteiger partial charge is 0.225 e. The number of amides is 1. The highest BCUT2D eigenvalue weighted by Gasteiger charge is 2.25. The van der Waals surface area contributed by atoms with Gasteiger partial charge in [0.05, 0.1) is 6.10 Å².